The summed E-state index contributed by atoms with van der Waals surface area (Å²) >= 11 is 0. The number of benzene rings is 2. The molecule has 0 unspecified atom stereocenters. The van der Waals surface area contributed by atoms with Crippen molar-refractivity contribution in [2.24, 2.45) is 0 Å². The number of hydrogen-bond donors (Lipinski definition) is 0. The molecular weight excluding hydrogens is 436 g/mol. The Balaban J connectivity index is 0.00000385. The fourth-order valence-electron chi connectivity index (χ4n) is 3.54. The van der Waals surface area contributed by atoms with Gasteiger partial charge in [0.1, 0.15) is 17.0 Å². The molecule has 0 atom stereocenters. The second kappa shape index (κ2) is 14.6. The molecule has 0 bridgehead atoms. The molecule has 0 amide bonds. The summed E-state index contributed by atoms with van der Waals surface area (Å²) in [5.74, 6) is 2.24. The maximum absolute atomic E-state index is 5.95. The van der Waals surface area contributed by atoms with Crippen LogP contribution in [-0.2, 0) is 0 Å². The molecule has 3 aromatic rings. The molecule has 33 heavy (non-hydrogen) atoms. The normalized spacial score (nSPS) is 11.3. The van der Waals surface area contributed by atoms with Crippen LogP contribution in [-0.4, -0.2) is 43.2 Å². The van der Waals surface area contributed by atoms with Crippen molar-refractivity contribution in [3.63, 3.8) is 0 Å². The van der Waals surface area contributed by atoms with E-state index < -0.39 is 0 Å². The van der Waals surface area contributed by atoms with Crippen LogP contribution in [0, 0.1) is 0 Å². The minimum absolute atomic E-state index is 0. The highest BCUT2D eigenvalue weighted by atomic mass is 35.5. The van der Waals surface area contributed by atoms with Crippen LogP contribution in [0.1, 0.15) is 57.4 Å². The first kappa shape index (κ1) is 26.7. The monoisotopic (exact) mass is 472 g/mol. The van der Waals surface area contributed by atoms with Crippen LogP contribution in [0.5, 0.6) is 11.5 Å². The van der Waals surface area contributed by atoms with Gasteiger partial charge in [0, 0.05) is 18.7 Å². The van der Waals surface area contributed by atoms with Crippen molar-refractivity contribution in [1.29, 1.82) is 0 Å². The number of nitrogens with zero attached hydrogens (tertiary/aromatic N) is 2. The van der Waals surface area contributed by atoms with Crippen LogP contribution in [0.4, 0.5) is 0 Å². The molecule has 0 radical (unpaired) electrons. The number of hydrogen-bond acceptors (Lipinski definition) is 5. The van der Waals surface area contributed by atoms with Gasteiger partial charge >= 0.3 is 0 Å². The van der Waals surface area contributed by atoms with Gasteiger partial charge in [-0.25, -0.2) is 4.98 Å². The number of methoxy groups -OCH3 is 1. The lowest BCUT2D eigenvalue weighted by molar-refractivity contribution is 0.229. The molecule has 0 aliphatic heterocycles. The Morgan fingerprint density at radius 1 is 0.879 bits per heavy atom. The molecular formula is C27H37ClN2O3. The lowest BCUT2D eigenvalue weighted by atomic mass is 10.2. The molecule has 0 N–H and O–H groups in total. The minimum Gasteiger partial charge on any atom is -0.497 e. The highest BCUT2D eigenvalue weighted by Crippen LogP contribution is 2.22. The van der Waals surface area contributed by atoms with Crippen LogP contribution in [0.25, 0.3) is 23.3 Å². The maximum Gasteiger partial charge on any atom is 0.220 e. The van der Waals surface area contributed by atoms with Gasteiger partial charge in [0.2, 0.25) is 5.89 Å². The van der Waals surface area contributed by atoms with Crippen molar-refractivity contribution in [3.8, 4) is 11.5 Å². The summed E-state index contributed by atoms with van der Waals surface area (Å²) in [6.07, 6.45) is 9.98. The minimum atomic E-state index is 0. The number of fused-ring (bicyclic) bond motifs is 1. The molecule has 1 aromatic heterocycles. The van der Waals surface area contributed by atoms with Crippen LogP contribution in [0.2, 0.25) is 0 Å². The largest absolute Gasteiger partial charge is 0.497 e. The molecule has 1 heterocycles. The Labute approximate surface area is 204 Å². The van der Waals surface area contributed by atoms with Gasteiger partial charge in [0.15, 0.2) is 5.58 Å². The van der Waals surface area contributed by atoms with E-state index in [2.05, 4.69) is 23.7 Å². The lowest BCUT2D eigenvalue weighted by Gasteiger charge is -2.21. The fourth-order valence-corrected chi connectivity index (χ4v) is 3.54. The van der Waals surface area contributed by atoms with E-state index in [1.165, 1.54) is 38.8 Å². The predicted octanol–water partition coefficient (Wildman–Crippen LogP) is 7.10. The highest BCUT2D eigenvalue weighted by molar-refractivity contribution is 5.85. The van der Waals surface area contributed by atoms with E-state index >= 15 is 0 Å². The third-order valence-corrected chi connectivity index (χ3v) is 5.45. The standard InChI is InChI=1S/C27H36N2O3.ClH/c1-4-6-17-29(18-7-5-2)19-8-20-31-23-12-9-22(10-13-23)11-16-27-28-25-15-14-24(30-3)21-26(25)32-27;/h9-16,21H,4-8,17-20H2,1-3H3;1H/b16-11+;. The summed E-state index contributed by atoms with van der Waals surface area (Å²) in [6, 6.07) is 13.8. The summed E-state index contributed by atoms with van der Waals surface area (Å²) < 4.78 is 17.0. The first-order chi connectivity index (χ1) is 15.7. The Kier molecular flexibility index (Phi) is 11.8. The topological polar surface area (TPSA) is 47.7 Å². The fraction of sp³-hybridized carbons (Fsp3) is 0.444. The average molecular weight is 473 g/mol. The van der Waals surface area contributed by atoms with E-state index in [9.17, 15) is 0 Å². The third-order valence-electron chi connectivity index (χ3n) is 5.45. The zero-order valence-electron chi connectivity index (χ0n) is 20.1. The van der Waals surface area contributed by atoms with E-state index in [1.54, 1.807) is 7.11 Å². The Hall–Kier alpha value is -2.50. The number of oxazole rings is 1. The smallest absolute Gasteiger partial charge is 0.220 e. The van der Waals surface area contributed by atoms with Gasteiger partial charge in [0.25, 0.3) is 0 Å². The third kappa shape index (κ3) is 8.75. The van der Waals surface area contributed by atoms with E-state index in [0.717, 1.165) is 47.7 Å². The van der Waals surface area contributed by atoms with Crippen molar-refractivity contribution < 1.29 is 13.9 Å². The number of halogens is 1. The Bertz CT molecular complexity index is 961. The quantitative estimate of drug-likeness (QED) is 0.234. The van der Waals surface area contributed by atoms with E-state index in [-0.39, 0.29) is 12.4 Å². The average Bonchev–Trinajstić information content (AvgIpc) is 3.24. The van der Waals surface area contributed by atoms with Gasteiger partial charge in [-0.3, -0.25) is 0 Å². The molecule has 6 heteroatoms. The van der Waals surface area contributed by atoms with Crippen molar-refractivity contribution in [2.75, 3.05) is 33.4 Å². The van der Waals surface area contributed by atoms with Crippen molar-refractivity contribution in [3.05, 3.63) is 53.9 Å². The number of ether oxygens (including phenoxy) is 2. The van der Waals surface area contributed by atoms with Crippen LogP contribution in [0.15, 0.2) is 46.9 Å². The van der Waals surface area contributed by atoms with Crippen molar-refractivity contribution in [1.82, 2.24) is 9.88 Å². The molecule has 0 aliphatic carbocycles. The van der Waals surface area contributed by atoms with Gasteiger partial charge in [-0.1, -0.05) is 38.8 Å². The van der Waals surface area contributed by atoms with Gasteiger partial charge in [-0.2, -0.15) is 0 Å². The second-order valence-electron chi connectivity index (χ2n) is 8.04. The summed E-state index contributed by atoms with van der Waals surface area (Å²) in [7, 11) is 1.64. The van der Waals surface area contributed by atoms with Crippen molar-refractivity contribution >= 4 is 35.7 Å². The predicted molar refractivity (Wildman–Crippen MR) is 140 cm³/mol. The molecule has 0 saturated carbocycles. The SMILES string of the molecule is CCCCN(CCCC)CCCOc1ccc(/C=C/c2nc3ccc(OC)cc3o2)cc1.Cl. The zero-order chi connectivity index (χ0) is 22.6. The summed E-state index contributed by atoms with van der Waals surface area (Å²) in [6.45, 7) is 8.76. The van der Waals surface area contributed by atoms with E-state index in [4.69, 9.17) is 13.9 Å². The summed E-state index contributed by atoms with van der Waals surface area (Å²) in [5.41, 5.74) is 2.61. The number of unbranched alkanes of at least 4 members (excludes halogenated alkanes) is 2. The number of rotatable bonds is 14. The Morgan fingerprint density at radius 2 is 1.55 bits per heavy atom. The number of aromatic nitrogens is 1. The maximum atomic E-state index is 5.95. The molecule has 5 nitrogen and oxygen atoms in total. The molecule has 2 aromatic carbocycles. The first-order valence-electron chi connectivity index (χ1n) is 11.8. The highest BCUT2D eigenvalue weighted by Gasteiger charge is 2.05. The molecule has 0 saturated heterocycles. The van der Waals surface area contributed by atoms with Crippen molar-refractivity contribution in [2.45, 2.75) is 46.0 Å². The van der Waals surface area contributed by atoms with Crippen LogP contribution >= 0.6 is 12.4 Å². The van der Waals surface area contributed by atoms with Crippen LogP contribution < -0.4 is 9.47 Å². The van der Waals surface area contributed by atoms with Crippen LogP contribution in [0.3, 0.4) is 0 Å². The summed E-state index contributed by atoms with van der Waals surface area (Å²) in [4.78, 5) is 7.06. The molecule has 0 spiro atoms. The van der Waals surface area contributed by atoms with Gasteiger partial charge in [-0.15, -0.1) is 12.4 Å². The summed E-state index contributed by atoms with van der Waals surface area (Å²) in [5, 5.41) is 0. The molecule has 0 aliphatic rings. The first-order valence-corrected chi connectivity index (χ1v) is 11.8. The van der Waals surface area contributed by atoms with Gasteiger partial charge < -0.3 is 18.8 Å². The van der Waals surface area contributed by atoms with E-state index in [1.807, 2.05) is 54.6 Å². The van der Waals surface area contributed by atoms with Gasteiger partial charge in [0.05, 0.1) is 13.7 Å². The zero-order valence-corrected chi connectivity index (χ0v) is 20.9. The molecule has 3 rings (SSSR count). The second-order valence-corrected chi connectivity index (χ2v) is 8.04. The Morgan fingerprint density at radius 3 is 2.21 bits per heavy atom. The van der Waals surface area contributed by atoms with E-state index in [0.29, 0.717) is 5.89 Å². The molecule has 180 valence electrons. The van der Waals surface area contributed by atoms with Gasteiger partial charge in [-0.05, 0) is 68.3 Å². The lowest BCUT2D eigenvalue weighted by Crippen LogP contribution is -2.28. The molecule has 0 fully saturated rings.